The normalized spacial score (nSPS) is 15.6. The van der Waals surface area contributed by atoms with Crippen LogP contribution in [0, 0.1) is 5.92 Å². The van der Waals surface area contributed by atoms with Crippen LogP contribution in [0.4, 0.5) is 0 Å². The topological polar surface area (TPSA) is 56.8 Å². The lowest BCUT2D eigenvalue weighted by Gasteiger charge is -2.25. The molecule has 1 N–H and O–H groups in total. The van der Waals surface area contributed by atoms with Crippen molar-refractivity contribution < 1.29 is 19.0 Å². The Morgan fingerprint density at radius 2 is 1.93 bits per heavy atom. The second kappa shape index (κ2) is 8.80. The molecule has 0 aromatic heterocycles. The van der Waals surface area contributed by atoms with Gasteiger partial charge in [-0.3, -0.25) is 4.79 Å². The minimum absolute atomic E-state index is 0.0118. The number of nitrogens with one attached hydrogen (secondary N) is 1. The van der Waals surface area contributed by atoms with Crippen molar-refractivity contribution >= 4 is 5.91 Å². The van der Waals surface area contributed by atoms with Gasteiger partial charge in [0.15, 0.2) is 0 Å². The quantitative estimate of drug-likeness (QED) is 0.758. The highest BCUT2D eigenvalue weighted by Crippen LogP contribution is 2.30. The maximum Gasteiger partial charge on any atom is 0.227 e. The van der Waals surface area contributed by atoms with Crippen molar-refractivity contribution in [1.29, 1.82) is 0 Å². The van der Waals surface area contributed by atoms with Gasteiger partial charge in [0.1, 0.15) is 30.5 Å². The van der Waals surface area contributed by atoms with Crippen LogP contribution >= 0.6 is 0 Å². The Morgan fingerprint density at radius 3 is 2.63 bits per heavy atom. The first-order valence-electron chi connectivity index (χ1n) is 9.37. The Balaban J connectivity index is 1.44. The molecule has 0 aliphatic carbocycles. The maximum atomic E-state index is 12.4. The molecule has 144 valence electrons. The molecule has 1 atom stereocenters. The summed E-state index contributed by atoms with van der Waals surface area (Å²) < 4.78 is 16.7. The van der Waals surface area contributed by atoms with Crippen molar-refractivity contribution in [2.45, 2.75) is 26.2 Å². The summed E-state index contributed by atoms with van der Waals surface area (Å²) >= 11 is 0. The summed E-state index contributed by atoms with van der Waals surface area (Å²) in [5.74, 6) is 2.71. The van der Waals surface area contributed by atoms with Crippen LogP contribution in [0.1, 0.15) is 30.9 Å². The average Bonchev–Trinajstić information content (AvgIpc) is 2.70. The number of carbonyl (C=O) groups excluding carboxylic acids is 1. The highest BCUT2D eigenvalue weighted by atomic mass is 16.5. The molecule has 0 bridgehead atoms. The predicted octanol–water partition coefficient (Wildman–Crippen LogP) is 3.56. The number of amides is 1. The molecule has 1 aliphatic rings. The van der Waals surface area contributed by atoms with Crippen molar-refractivity contribution in [3.63, 3.8) is 0 Å². The first kappa shape index (κ1) is 19.1. The third-order valence-corrected chi connectivity index (χ3v) is 4.76. The lowest BCUT2D eigenvalue weighted by atomic mass is 9.96. The first-order valence-corrected chi connectivity index (χ1v) is 9.37. The molecule has 1 aliphatic heterocycles. The van der Waals surface area contributed by atoms with Crippen molar-refractivity contribution in [2.24, 2.45) is 5.92 Å². The number of benzene rings is 2. The van der Waals surface area contributed by atoms with Crippen LogP contribution in [0.25, 0.3) is 0 Å². The van der Waals surface area contributed by atoms with Gasteiger partial charge in [-0.25, -0.2) is 0 Å². The Hall–Kier alpha value is -2.69. The van der Waals surface area contributed by atoms with E-state index in [4.69, 9.17) is 14.2 Å². The molecule has 2 aromatic rings. The standard InChI is InChI=1S/C22H27NO4/c1-15(2)16-4-6-19(7-5-16)26-11-10-23-22(24)18-12-17-13-20(25-3)8-9-21(17)27-14-18/h4-9,13,15,18H,10-12,14H2,1-3H3,(H,23,24). The molecule has 1 heterocycles. The SMILES string of the molecule is COc1ccc2c(c1)CC(C(=O)NCCOc1ccc(C(C)C)cc1)CO2. The summed E-state index contributed by atoms with van der Waals surface area (Å²) in [7, 11) is 1.63. The molecular formula is C22H27NO4. The van der Waals surface area contributed by atoms with Gasteiger partial charge in [-0.2, -0.15) is 0 Å². The van der Waals surface area contributed by atoms with Crippen LogP contribution in [0.5, 0.6) is 17.2 Å². The summed E-state index contributed by atoms with van der Waals surface area (Å²) in [5, 5.41) is 2.94. The second-order valence-electron chi connectivity index (χ2n) is 7.05. The molecule has 0 spiro atoms. The fourth-order valence-electron chi connectivity index (χ4n) is 3.10. The molecular weight excluding hydrogens is 342 g/mol. The molecule has 27 heavy (non-hydrogen) atoms. The van der Waals surface area contributed by atoms with E-state index in [9.17, 15) is 4.79 Å². The number of rotatable bonds is 7. The summed E-state index contributed by atoms with van der Waals surface area (Å²) in [4.78, 5) is 12.4. The van der Waals surface area contributed by atoms with Gasteiger partial charge in [-0.1, -0.05) is 26.0 Å². The molecule has 5 nitrogen and oxygen atoms in total. The van der Waals surface area contributed by atoms with Gasteiger partial charge >= 0.3 is 0 Å². The van der Waals surface area contributed by atoms with Crippen LogP contribution in [0.15, 0.2) is 42.5 Å². The number of ether oxygens (including phenoxy) is 3. The summed E-state index contributed by atoms with van der Waals surface area (Å²) in [6, 6.07) is 13.8. The van der Waals surface area contributed by atoms with Gasteiger partial charge in [-0.05, 0) is 53.8 Å². The first-order chi connectivity index (χ1) is 13.1. The summed E-state index contributed by atoms with van der Waals surface area (Å²) in [5.41, 5.74) is 2.28. The lowest BCUT2D eigenvalue weighted by molar-refractivity contribution is -0.126. The van der Waals surface area contributed by atoms with E-state index in [1.165, 1.54) is 5.56 Å². The molecule has 5 heteroatoms. The zero-order valence-electron chi connectivity index (χ0n) is 16.2. The summed E-state index contributed by atoms with van der Waals surface area (Å²) in [6.07, 6.45) is 0.649. The Kier molecular flexibility index (Phi) is 6.22. The molecule has 0 radical (unpaired) electrons. The van der Waals surface area contributed by atoms with Crippen molar-refractivity contribution in [3.05, 3.63) is 53.6 Å². The zero-order chi connectivity index (χ0) is 19.2. The highest BCUT2D eigenvalue weighted by Gasteiger charge is 2.26. The van der Waals surface area contributed by atoms with Gasteiger partial charge in [0, 0.05) is 0 Å². The van der Waals surface area contributed by atoms with Crippen LogP contribution in [0.3, 0.4) is 0 Å². The molecule has 1 unspecified atom stereocenters. The third kappa shape index (κ3) is 4.94. The largest absolute Gasteiger partial charge is 0.497 e. The zero-order valence-corrected chi connectivity index (χ0v) is 16.2. The minimum atomic E-state index is -0.199. The fraction of sp³-hybridized carbons (Fsp3) is 0.409. The molecule has 0 fully saturated rings. The van der Waals surface area contributed by atoms with Gasteiger partial charge in [-0.15, -0.1) is 0 Å². The molecule has 2 aromatic carbocycles. The number of carbonyl (C=O) groups is 1. The van der Waals surface area contributed by atoms with Gasteiger partial charge in [0.25, 0.3) is 0 Å². The monoisotopic (exact) mass is 369 g/mol. The molecule has 3 rings (SSSR count). The number of methoxy groups -OCH3 is 1. The number of hydrogen-bond donors (Lipinski definition) is 1. The van der Waals surface area contributed by atoms with Gasteiger partial charge < -0.3 is 19.5 Å². The van der Waals surface area contributed by atoms with E-state index >= 15 is 0 Å². The third-order valence-electron chi connectivity index (χ3n) is 4.76. The Morgan fingerprint density at radius 1 is 1.19 bits per heavy atom. The van der Waals surface area contributed by atoms with Crippen LogP contribution < -0.4 is 19.5 Å². The van der Waals surface area contributed by atoms with E-state index in [1.807, 2.05) is 30.3 Å². The maximum absolute atomic E-state index is 12.4. The average molecular weight is 369 g/mol. The smallest absolute Gasteiger partial charge is 0.227 e. The molecule has 0 saturated heterocycles. The van der Waals surface area contributed by atoms with E-state index in [1.54, 1.807) is 7.11 Å². The van der Waals surface area contributed by atoms with E-state index in [0.717, 1.165) is 22.8 Å². The van der Waals surface area contributed by atoms with Crippen LogP contribution in [0.2, 0.25) is 0 Å². The second-order valence-corrected chi connectivity index (χ2v) is 7.05. The number of fused-ring (bicyclic) bond motifs is 1. The molecule has 0 saturated carbocycles. The van der Waals surface area contributed by atoms with Crippen molar-refractivity contribution in [3.8, 4) is 17.2 Å². The van der Waals surface area contributed by atoms with E-state index in [-0.39, 0.29) is 11.8 Å². The van der Waals surface area contributed by atoms with E-state index in [0.29, 0.717) is 32.1 Å². The Labute approximate surface area is 160 Å². The van der Waals surface area contributed by atoms with Crippen molar-refractivity contribution in [1.82, 2.24) is 5.32 Å². The van der Waals surface area contributed by atoms with E-state index in [2.05, 4.69) is 31.3 Å². The van der Waals surface area contributed by atoms with Crippen molar-refractivity contribution in [2.75, 3.05) is 26.9 Å². The van der Waals surface area contributed by atoms with Crippen LogP contribution in [-0.2, 0) is 11.2 Å². The Bertz CT molecular complexity index is 770. The molecule has 1 amide bonds. The minimum Gasteiger partial charge on any atom is -0.497 e. The lowest BCUT2D eigenvalue weighted by Crippen LogP contribution is -2.39. The van der Waals surface area contributed by atoms with Crippen LogP contribution in [-0.4, -0.2) is 32.8 Å². The van der Waals surface area contributed by atoms with E-state index < -0.39 is 0 Å². The summed E-state index contributed by atoms with van der Waals surface area (Å²) in [6.45, 7) is 5.61. The highest BCUT2D eigenvalue weighted by molar-refractivity contribution is 5.79. The predicted molar refractivity (Wildman–Crippen MR) is 105 cm³/mol. The number of hydrogen-bond acceptors (Lipinski definition) is 4. The fourth-order valence-corrected chi connectivity index (χ4v) is 3.10. The van der Waals surface area contributed by atoms with Gasteiger partial charge in [0.05, 0.1) is 19.6 Å². The van der Waals surface area contributed by atoms with Gasteiger partial charge in [0.2, 0.25) is 5.91 Å².